The molecule has 0 saturated heterocycles. The number of thioether (sulfide) groups is 1. The molecule has 3 heterocycles. The smallest absolute Gasteiger partial charge is 0.230 e. The monoisotopic (exact) mass is 368 g/mol. The van der Waals surface area contributed by atoms with Gasteiger partial charge in [-0.05, 0) is 37.1 Å². The fourth-order valence-corrected chi connectivity index (χ4v) is 3.87. The second kappa shape index (κ2) is 7.82. The lowest BCUT2D eigenvalue weighted by atomic mass is 9.95. The van der Waals surface area contributed by atoms with Crippen molar-refractivity contribution in [2.24, 2.45) is 0 Å². The summed E-state index contributed by atoms with van der Waals surface area (Å²) in [5.74, 6) is 0.359. The highest BCUT2D eigenvalue weighted by molar-refractivity contribution is 7.99. The summed E-state index contributed by atoms with van der Waals surface area (Å²) in [6.07, 6.45) is 9.34. The van der Waals surface area contributed by atoms with Gasteiger partial charge in [0.05, 0.1) is 11.4 Å². The highest BCUT2D eigenvalue weighted by Gasteiger charge is 2.17. The molecule has 1 aliphatic rings. The van der Waals surface area contributed by atoms with Crippen LogP contribution in [0.5, 0.6) is 0 Å². The van der Waals surface area contributed by atoms with Crippen LogP contribution < -0.4 is 5.32 Å². The summed E-state index contributed by atoms with van der Waals surface area (Å²) in [5, 5.41) is 16.6. The lowest BCUT2D eigenvalue weighted by molar-refractivity contribution is -0.119. The van der Waals surface area contributed by atoms with Gasteiger partial charge in [-0.15, -0.1) is 10.2 Å². The standard InChI is InChI=1S/C18H20N6OS/c25-17(20-14-6-2-1-3-7-14)12-26-18-22-21-16-9-8-15(23-24(16)18)13-5-4-10-19-11-13/h4-5,8-11,14H,1-3,6-7,12H2,(H,20,25). The highest BCUT2D eigenvalue weighted by atomic mass is 32.2. The van der Waals surface area contributed by atoms with Crippen LogP contribution in [0, 0.1) is 0 Å². The van der Waals surface area contributed by atoms with Gasteiger partial charge < -0.3 is 5.32 Å². The summed E-state index contributed by atoms with van der Waals surface area (Å²) in [7, 11) is 0. The van der Waals surface area contributed by atoms with E-state index in [1.165, 1.54) is 31.0 Å². The number of carbonyl (C=O) groups excluding carboxylic acids is 1. The van der Waals surface area contributed by atoms with Crippen LogP contribution in [0.4, 0.5) is 0 Å². The number of nitrogens with one attached hydrogen (secondary N) is 1. The Morgan fingerprint density at radius 3 is 2.88 bits per heavy atom. The quantitative estimate of drug-likeness (QED) is 0.697. The van der Waals surface area contributed by atoms with Crippen LogP contribution in [-0.4, -0.2) is 42.5 Å². The lowest BCUT2D eigenvalue weighted by Crippen LogP contribution is -2.37. The first kappa shape index (κ1) is 17.0. The minimum absolute atomic E-state index is 0.0436. The summed E-state index contributed by atoms with van der Waals surface area (Å²) in [6, 6.07) is 7.91. The fourth-order valence-electron chi connectivity index (χ4n) is 3.17. The van der Waals surface area contributed by atoms with Crippen molar-refractivity contribution in [1.29, 1.82) is 0 Å². The third-order valence-corrected chi connectivity index (χ3v) is 5.41. The molecule has 3 aromatic rings. The van der Waals surface area contributed by atoms with E-state index in [0.717, 1.165) is 24.1 Å². The fraction of sp³-hybridized carbons (Fsp3) is 0.389. The molecular formula is C18H20N6OS. The van der Waals surface area contributed by atoms with Gasteiger partial charge in [-0.25, -0.2) is 0 Å². The van der Waals surface area contributed by atoms with Crippen LogP contribution in [-0.2, 0) is 4.79 Å². The molecule has 0 atom stereocenters. The van der Waals surface area contributed by atoms with E-state index < -0.39 is 0 Å². The number of rotatable bonds is 5. The molecule has 0 aromatic carbocycles. The van der Waals surface area contributed by atoms with Crippen molar-refractivity contribution in [3.63, 3.8) is 0 Å². The topological polar surface area (TPSA) is 85.1 Å². The Morgan fingerprint density at radius 2 is 2.08 bits per heavy atom. The molecule has 1 N–H and O–H groups in total. The summed E-state index contributed by atoms with van der Waals surface area (Å²) >= 11 is 1.36. The Morgan fingerprint density at radius 1 is 1.19 bits per heavy atom. The minimum atomic E-state index is 0.0436. The van der Waals surface area contributed by atoms with Crippen molar-refractivity contribution in [3.8, 4) is 11.3 Å². The molecule has 3 aromatic heterocycles. The zero-order valence-corrected chi connectivity index (χ0v) is 15.2. The predicted octanol–water partition coefficient (Wildman–Crippen LogP) is 2.73. The maximum atomic E-state index is 12.2. The van der Waals surface area contributed by atoms with Gasteiger partial charge in [-0.1, -0.05) is 31.0 Å². The number of pyridine rings is 1. The molecule has 1 saturated carbocycles. The largest absolute Gasteiger partial charge is 0.353 e. The second-order valence-corrected chi connectivity index (χ2v) is 7.35. The van der Waals surface area contributed by atoms with E-state index >= 15 is 0 Å². The summed E-state index contributed by atoms with van der Waals surface area (Å²) in [4.78, 5) is 16.3. The highest BCUT2D eigenvalue weighted by Crippen LogP contribution is 2.21. The van der Waals surface area contributed by atoms with E-state index in [2.05, 4.69) is 25.6 Å². The van der Waals surface area contributed by atoms with E-state index in [9.17, 15) is 4.79 Å². The average molecular weight is 368 g/mol. The predicted molar refractivity (Wildman–Crippen MR) is 99.8 cm³/mol. The van der Waals surface area contributed by atoms with Gasteiger partial charge in [-0.3, -0.25) is 9.78 Å². The van der Waals surface area contributed by atoms with E-state index in [4.69, 9.17) is 0 Å². The molecule has 1 amide bonds. The van der Waals surface area contributed by atoms with Crippen LogP contribution in [0.15, 0.2) is 41.8 Å². The Hall–Kier alpha value is -2.48. The van der Waals surface area contributed by atoms with Gasteiger partial charge in [0.1, 0.15) is 0 Å². The molecule has 26 heavy (non-hydrogen) atoms. The Bertz CT molecular complexity index is 891. The first-order valence-electron chi connectivity index (χ1n) is 8.84. The average Bonchev–Trinajstić information content (AvgIpc) is 3.10. The number of hydrogen-bond acceptors (Lipinski definition) is 6. The first-order chi connectivity index (χ1) is 12.8. The van der Waals surface area contributed by atoms with Crippen LogP contribution in [0.1, 0.15) is 32.1 Å². The zero-order chi connectivity index (χ0) is 17.8. The number of hydrogen-bond donors (Lipinski definition) is 1. The van der Waals surface area contributed by atoms with Gasteiger partial charge >= 0.3 is 0 Å². The van der Waals surface area contributed by atoms with Crippen molar-refractivity contribution in [1.82, 2.24) is 30.1 Å². The lowest BCUT2D eigenvalue weighted by Gasteiger charge is -2.22. The SMILES string of the molecule is O=C(CSc1nnc2ccc(-c3cccnc3)nn12)NC1CCCCC1. The van der Waals surface area contributed by atoms with Crippen molar-refractivity contribution >= 4 is 23.3 Å². The third kappa shape index (κ3) is 3.85. The molecule has 0 bridgehead atoms. The van der Waals surface area contributed by atoms with E-state index in [-0.39, 0.29) is 5.91 Å². The van der Waals surface area contributed by atoms with Gasteiger partial charge in [-0.2, -0.15) is 9.61 Å². The summed E-state index contributed by atoms with van der Waals surface area (Å²) < 4.78 is 1.68. The third-order valence-electron chi connectivity index (χ3n) is 4.49. The molecule has 1 fully saturated rings. The molecule has 0 unspecified atom stereocenters. The van der Waals surface area contributed by atoms with E-state index in [1.54, 1.807) is 16.9 Å². The molecule has 4 rings (SSSR count). The molecule has 0 spiro atoms. The normalized spacial score (nSPS) is 15.2. The zero-order valence-electron chi connectivity index (χ0n) is 14.3. The van der Waals surface area contributed by atoms with Crippen molar-refractivity contribution in [2.75, 3.05) is 5.75 Å². The number of carbonyl (C=O) groups is 1. The molecule has 1 aliphatic carbocycles. The van der Waals surface area contributed by atoms with E-state index in [1.807, 2.05) is 24.3 Å². The molecule has 0 radical (unpaired) electrons. The minimum Gasteiger partial charge on any atom is -0.353 e. The van der Waals surface area contributed by atoms with Gasteiger partial charge in [0.2, 0.25) is 11.1 Å². The van der Waals surface area contributed by atoms with Crippen LogP contribution in [0.3, 0.4) is 0 Å². The van der Waals surface area contributed by atoms with E-state index in [0.29, 0.717) is 22.6 Å². The summed E-state index contributed by atoms with van der Waals surface area (Å²) in [6.45, 7) is 0. The Balaban J connectivity index is 1.45. The molecule has 134 valence electrons. The number of fused-ring (bicyclic) bond motifs is 1. The maximum absolute atomic E-state index is 12.2. The van der Waals surface area contributed by atoms with Crippen LogP contribution >= 0.6 is 11.8 Å². The Kier molecular flexibility index (Phi) is 5.10. The molecular weight excluding hydrogens is 348 g/mol. The maximum Gasteiger partial charge on any atom is 0.230 e. The first-order valence-corrected chi connectivity index (χ1v) is 9.83. The van der Waals surface area contributed by atoms with Gasteiger partial charge in [0.15, 0.2) is 5.65 Å². The Labute approximate surface area is 155 Å². The molecule has 7 nitrogen and oxygen atoms in total. The number of aromatic nitrogens is 5. The van der Waals surface area contributed by atoms with Gasteiger partial charge in [0.25, 0.3) is 0 Å². The molecule has 8 heteroatoms. The second-order valence-electron chi connectivity index (χ2n) is 6.40. The van der Waals surface area contributed by atoms with Crippen LogP contribution in [0.2, 0.25) is 0 Å². The van der Waals surface area contributed by atoms with Crippen molar-refractivity contribution < 1.29 is 4.79 Å². The number of amides is 1. The molecule has 0 aliphatic heterocycles. The van der Waals surface area contributed by atoms with Crippen LogP contribution in [0.25, 0.3) is 16.9 Å². The summed E-state index contributed by atoms with van der Waals surface area (Å²) in [5.41, 5.74) is 2.38. The van der Waals surface area contributed by atoms with Crippen molar-refractivity contribution in [2.45, 2.75) is 43.3 Å². The van der Waals surface area contributed by atoms with Gasteiger partial charge in [0, 0.05) is 24.0 Å². The number of nitrogens with zero attached hydrogens (tertiary/aromatic N) is 5. The van der Waals surface area contributed by atoms with Crippen molar-refractivity contribution in [3.05, 3.63) is 36.7 Å².